The summed E-state index contributed by atoms with van der Waals surface area (Å²) in [7, 11) is 0. The molecule has 148 valence electrons. The monoisotopic (exact) mass is 409 g/mol. The molecule has 0 unspecified atom stereocenters. The molecule has 0 N–H and O–H groups in total. The number of carbonyl (C=O) groups is 1. The van der Waals surface area contributed by atoms with Crippen LogP contribution in [0.25, 0.3) is 17.0 Å². The average Bonchev–Trinajstić information content (AvgIpc) is 2.90. The molecule has 2 aromatic carbocycles. The van der Waals surface area contributed by atoms with Gasteiger partial charge in [0.25, 0.3) is 0 Å². The van der Waals surface area contributed by atoms with Crippen LogP contribution in [0.3, 0.4) is 0 Å². The van der Waals surface area contributed by atoms with Crippen LogP contribution < -0.4 is 10.3 Å². The zero-order chi connectivity index (χ0) is 20.5. The number of halogens is 1. The Labute approximate surface area is 173 Å². The second-order valence-corrected chi connectivity index (χ2v) is 7.35. The Kier molecular flexibility index (Phi) is 5.16. The summed E-state index contributed by atoms with van der Waals surface area (Å²) in [6, 6.07) is 12.8. The number of hydrogen-bond acceptors (Lipinski definition) is 5. The molecule has 0 spiro atoms. The van der Waals surface area contributed by atoms with Crippen LogP contribution in [-0.4, -0.2) is 19.1 Å². The van der Waals surface area contributed by atoms with Gasteiger partial charge in [0.2, 0.25) is 11.3 Å². The minimum absolute atomic E-state index is 0.174. The van der Waals surface area contributed by atoms with E-state index in [1.165, 1.54) is 0 Å². The first kappa shape index (κ1) is 19.3. The summed E-state index contributed by atoms with van der Waals surface area (Å²) in [5.41, 5.74) is 2.91. The molecule has 0 amide bonds. The molecule has 0 fully saturated rings. The number of carbonyl (C=O) groups excluding carboxylic acids is 1. The van der Waals surface area contributed by atoms with E-state index in [4.69, 9.17) is 20.8 Å². The van der Waals surface area contributed by atoms with Crippen molar-refractivity contribution in [3.63, 3.8) is 0 Å². The van der Waals surface area contributed by atoms with E-state index in [0.717, 1.165) is 11.3 Å². The number of rotatable bonds is 3. The molecule has 0 radical (unpaired) electrons. The van der Waals surface area contributed by atoms with Crippen molar-refractivity contribution in [2.45, 2.75) is 20.3 Å². The predicted octanol–water partition coefficient (Wildman–Crippen LogP) is 5.24. The topological polar surface area (TPSA) is 59.8 Å². The standard InChI is InChI=1S/C23H20ClNO4/c1-3-28-23(27)15-10-11-25(17-7-5-16(24)6-8-17)22-19(13-15)21(26)18-12-14(2)4-9-20(18)29-22/h4-9,12-13H,3,10-11H2,1-2H3. The van der Waals surface area contributed by atoms with Gasteiger partial charge in [0.15, 0.2) is 0 Å². The van der Waals surface area contributed by atoms with Gasteiger partial charge in [0, 0.05) is 22.8 Å². The maximum absolute atomic E-state index is 13.3. The van der Waals surface area contributed by atoms with E-state index < -0.39 is 5.97 Å². The van der Waals surface area contributed by atoms with Crippen molar-refractivity contribution in [1.82, 2.24) is 0 Å². The lowest BCUT2D eigenvalue weighted by Gasteiger charge is -2.23. The highest BCUT2D eigenvalue weighted by atomic mass is 35.5. The van der Waals surface area contributed by atoms with Gasteiger partial charge in [-0.25, -0.2) is 4.79 Å². The van der Waals surface area contributed by atoms with Crippen molar-refractivity contribution in [2.75, 3.05) is 18.1 Å². The number of fused-ring (bicyclic) bond motifs is 2. The molecule has 1 aliphatic heterocycles. The van der Waals surface area contributed by atoms with Gasteiger partial charge in [-0.3, -0.25) is 4.79 Å². The quantitative estimate of drug-likeness (QED) is 0.553. The summed E-state index contributed by atoms with van der Waals surface area (Å²) >= 11 is 6.04. The molecule has 4 rings (SSSR count). The van der Waals surface area contributed by atoms with Gasteiger partial charge in [0.05, 0.1) is 17.6 Å². The van der Waals surface area contributed by atoms with Crippen molar-refractivity contribution in [3.05, 3.63) is 74.4 Å². The molecule has 0 aliphatic carbocycles. The lowest BCUT2D eigenvalue weighted by atomic mass is 10.1. The highest BCUT2D eigenvalue weighted by Gasteiger charge is 2.26. The van der Waals surface area contributed by atoms with Gasteiger partial charge in [-0.2, -0.15) is 0 Å². The first-order chi connectivity index (χ1) is 14.0. The maximum Gasteiger partial charge on any atom is 0.334 e. The number of hydrogen-bond donors (Lipinski definition) is 0. The van der Waals surface area contributed by atoms with Crippen LogP contribution >= 0.6 is 11.6 Å². The van der Waals surface area contributed by atoms with Crippen LogP contribution in [0.15, 0.2) is 57.2 Å². The van der Waals surface area contributed by atoms with Crippen LogP contribution in [0.4, 0.5) is 11.6 Å². The van der Waals surface area contributed by atoms with Crippen LogP contribution in [-0.2, 0) is 9.53 Å². The number of anilines is 2. The number of ether oxygens (including phenoxy) is 1. The van der Waals surface area contributed by atoms with E-state index in [0.29, 0.717) is 46.0 Å². The summed E-state index contributed by atoms with van der Waals surface area (Å²) in [6.07, 6.45) is 2.03. The first-order valence-electron chi connectivity index (χ1n) is 9.46. The fourth-order valence-corrected chi connectivity index (χ4v) is 3.60. The average molecular weight is 410 g/mol. The molecule has 0 saturated heterocycles. The Morgan fingerprint density at radius 3 is 2.69 bits per heavy atom. The van der Waals surface area contributed by atoms with Gasteiger partial charge in [-0.1, -0.05) is 23.2 Å². The minimum atomic E-state index is -0.417. The van der Waals surface area contributed by atoms with Crippen LogP contribution in [0.5, 0.6) is 0 Å². The van der Waals surface area contributed by atoms with Crippen molar-refractivity contribution in [1.29, 1.82) is 0 Å². The van der Waals surface area contributed by atoms with Crippen molar-refractivity contribution >= 4 is 46.2 Å². The third-order valence-corrected chi connectivity index (χ3v) is 5.16. The minimum Gasteiger partial charge on any atom is -0.463 e. The lowest BCUT2D eigenvalue weighted by Crippen LogP contribution is -2.21. The lowest BCUT2D eigenvalue weighted by molar-refractivity contribution is -0.138. The Bertz CT molecular complexity index is 1180. The molecule has 0 atom stereocenters. The molecule has 1 aromatic heterocycles. The van der Waals surface area contributed by atoms with Gasteiger partial charge in [0.1, 0.15) is 5.58 Å². The van der Waals surface area contributed by atoms with Crippen LogP contribution in [0, 0.1) is 6.92 Å². The van der Waals surface area contributed by atoms with Gasteiger partial charge >= 0.3 is 5.97 Å². The number of nitrogens with zero attached hydrogens (tertiary/aromatic N) is 1. The number of aryl methyl sites for hydroxylation is 1. The Hall–Kier alpha value is -3.05. The third-order valence-electron chi connectivity index (χ3n) is 4.91. The molecule has 0 saturated carbocycles. The van der Waals surface area contributed by atoms with Crippen LogP contribution in [0.1, 0.15) is 24.5 Å². The fourth-order valence-electron chi connectivity index (χ4n) is 3.47. The molecule has 6 heteroatoms. The fraction of sp³-hybridized carbons (Fsp3) is 0.217. The Morgan fingerprint density at radius 2 is 1.97 bits per heavy atom. The first-order valence-corrected chi connectivity index (χ1v) is 9.84. The molecule has 0 bridgehead atoms. The smallest absolute Gasteiger partial charge is 0.334 e. The third kappa shape index (κ3) is 3.66. The van der Waals surface area contributed by atoms with E-state index in [1.807, 2.05) is 30.0 Å². The van der Waals surface area contributed by atoms with E-state index in [9.17, 15) is 9.59 Å². The number of esters is 1. The summed E-state index contributed by atoms with van der Waals surface area (Å²) in [5, 5.41) is 1.10. The zero-order valence-corrected chi connectivity index (χ0v) is 17.0. The Morgan fingerprint density at radius 1 is 1.21 bits per heavy atom. The van der Waals surface area contributed by atoms with Gasteiger partial charge in [-0.15, -0.1) is 0 Å². The summed E-state index contributed by atoms with van der Waals surface area (Å²) in [6.45, 7) is 4.41. The SMILES string of the molecule is CCOC(=O)C1=Cc2c(oc3ccc(C)cc3c2=O)N(c2ccc(Cl)cc2)CC1. The highest BCUT2D eigenvalue weighted by molar-refractivity contribution is 6.30. The molecule has 1 aliphatic rings. The predicted molar refractivity (Wildman–Crippen MR) is 115 cm³/mol. The molecule has 2 heterocycles. The summed E-state index contributed by atoms with van der Waals surface area (Å²) in [5.74, 6) is -0.00637. The van der Waals surface area contributed by atoms with Crippen molar-refractivity contribution in [3.8, 4) is 0 Å². The van der Waals surface area contributed by atoms with Gasteiger partial charge in [-0.05, 0) is 62.7 Å². The Balaban J connectivity index is 1.96. The zero-order valence-electron chi connectivity index (χ0n) is 16.2. The van der Waals surface area contributed by atoms with Crippen LogP contribution in [0.2, 0.25) is 5.02 Å². The molecule has 3 aromatic rings. The second kappa shape index (κ2) is 7.76. The summed E-state index contributed by atoms with van der Waals surface area (Å²) < 4.78 is 11.4. The van der Waals surface area contributed by atoms with E-state index >= 15 is 0 Å². The van der Waals surface area contributed by atoms with Crippen molar-refractivity contribution in [2.24, 2.45) is 0 Å². The van der Waals surface area contributed by atoms with Gasteiger partial charge < -0.3 is 14.1 Å². The van der Waals surface area contributed by atoms with E-state index in [2.05, 4.69) is 0 Å². The summed E-state index contributed by atoms with van der Waals surface area (Å²) in [4.78, 5) is 27.6. The molecular weight excluding hydrogens is 390 g/mol. The van der Waals surface area contributed by atoms with E-state index in [-0.39, 0.29) is 12.0 Å². The van der Waals surface area contributed by atoms with E-state index in [1.54, 1.807) is 37.3 Å². The van der Waals surface area contributed by atoms with Crippen molar-refractivity contribution < 1.29 is 13.9 Å². The largest absolute Gasteiger partial charge is 0.463 e. The molecular formula is C23H20ClNO4. The normalized spacial score (nSPS) is 13.6. The second-order valence-electron chi connectivity index (χ2n) is 6.92. The molecule has 5 nitrogen and oxygen atoms in total. The number of benzene rings is 2. The maximum atomic E-state index is 13.3. The molecule has 29 heavy (non-hydrogen) atoms. The highest BCUT2D eigenvalue weighted by Crippen LogP contribution is 2.35.